The molecule has 2 rings (SSSR count). The molecule has 1 heterocycles. The molecule has 0 radical (unpaired) electrons. The summed E-state index contributed by atoms with van der Waals surface area (Å²) in [5, 5.41) is 6.33. The van der Waals surface area contributed by atoms with Crippen molar-refractivity contribution in [2.45, 2.75) is 58.0 Å². The van der Waals surface area contributed by atoms with Crippen LogP contribution in [0.1, 0.15) is 50.2 Å². The fourth-order valence-corrected chi connectivity index (χ4v) is 3.55. The van der Waals surface area contributed by atoms with E-state index in [0.29, 0.717) is 0 Å². The first-order chi connectivity index (χ1) is 8.94. The maximum absolute atomic E-state index is 12.3. The summed E-state index contributed by atoms with van der Waals surface area (Å²) in [7, 11) is 0. The molecule has 0 aromatic carbocycles. The Hall–Kier alpha value is -0.940. The van der Waals surface area contributed by atoms with Crippen molar-refractivity contribution in [3.8, 4) is 0 Å². The molecule has 1 aliphatic rings. The molecule has 1 aliphatic carbocycles. The van der Waals surface area contributed by atoms with Gasteiger partial charge in [-0.1, -0.05) is 19.8 Å². The summed E-state index contributed by atoms with van der Waals surface area (Å²) < 4.78 is 0. The molecule has 1 fully saturated rings. The van der Waals surface area contributed by atoms with Crippen molar-refractivity contribution in [2.75, 3.05) is 0 Å². The van der Waals surface area contributed by atoms with Gasteiger partial charge in [0.15, 0.2) is 0 Å². The van der Waals surface area contributed by atoms with E-state index in [1.54, 1.807) is 11.3 Å². The zero-order valence-electron chi connectivity index (χ0n) is 11.9. The van der Waals surface area contributed by atoms with E-state index in [0.717, 1.165) is 36.4 Å². The van der Waals surface area contributed by atoms with Crippen molar-refractivity contribution in [2.24, 2.45) is 11.7 Å². The molecule has 0 spiro atoms. The highest BCUT2D eigenvalue weighted by atomic mass is 32.1. The van der Waals surface area contributed by atoms with E-state index in [-0.39, 0.29) is 23.4 Å². The lowest BCUT2D eigenvalue weighted by molar-refractivity contribution is -0.127. The van der Waals surface area contributed by atoms with Crippen LogP contribution < -0.4 is 11.1 Å². The van der Waals surface area contributed by atoms with Gasteiger partial charge in [-0.25, -0.2) is 4.98 Å². The summed E-state index contributed by atoms with van der Waals surface area (Å²) in [4.78, 5) is 16.9. The van der Waals surface area contributed by atoms with Gasteiger partial charge in [-0.3, -0.25) is 4.79 Å². The SMILES string of the molecule is Cc1csc(C2(NC(=O)C(C)C(C)N)CCCC2)n1. The van der Waals surface area contributed by atoms with Crippen molar-refractivity contribution in [3.63, 3.8) is 0 Å². The molecular weight excluding hydrogens is 258 g/mol. The van der Waals surface area contributed by atoms with E-state index in [4.69, 9.17) is 5.73 Å². The van der Waals surface area contributed by atoms with Gasteiger partial charge in [0.25, 0.3) is 0 Å². The normalized spacial score (nSPS) is 21.1. The van der Waals surface area contributed by atoms with Gasteiger partial charge in [-0.2, -0.15) is 0 Å². The average molecular weight is 281 g/mol. The van der Waals surface area contributed by atoms with Gasteiger partial charge in [0, 0.05) is 23.0 Å². The Labute approximate surface area is 118 Å². The molecule has 1 aromatic heterocycles. The third-order valence-corrected chi connectivity index (χ3v) is 5.21. The molecule has 0 bridgehead atoms. The molecule has 2 unspecified atom stereocenters. The second-order valence-electron chi connectivity index (χ2n) is 5.72. The van der Waals surface area contributed by atoms with Crippen molar-refractivity contribution in [1.29, 1.82) is 0 Å². The number of thiazole rings is 1. The Morgan fingerprint density at radius 2 is 2.11 bits per heavy atom. The fourth-order valence-electron chi connectivity index (χ4n) is 2.53. The lowest BCUT2D eigenvalue weighted by Gasteiger charge is -2.30. The molecule has 19 heavy (non-hydrogen) atoms. The highest BCUT2D eigenvalue weighted by Gasteiger charge is 2.40. The number of carbonyl (C=O) groups excluding carboxylic acids is 1. The molecule has 106 valence electrons. The van der Waals surface area contributed by atoms with E-state index in [9.17, 15) is 4.79 Å². The van der Waals surface area contributed by atoms with Gasteiger partial charge in [0.1, 0.15) is 5.01 Å². The third kappa shape index (κ3) is 2.98. The Balaban J connectivity index is 2.19. The van der Waals surface area contributed by atoms with Crippen LogP contribution in [0.25, 0.3) is 0 Å². The second-order valence-corrected chi connectivity index (χ2v) is 6.58. The number of aromatic nitrogens is 1. The van der Waals surface area contributed by atoms with Crippen molar-refractivity contribution < 1.29 is 4.79 Å². The van der Waals surface area contributed by atoms with Crippen LogP contribution in [0, 0.1) is 12.8 Å². The van der Waals surface area contributed by atoms with Crippen LogP contribution >= 0.6 is 11.3 Å². The maximum Gasteiger partial charge on any atom is 0.225 e. The summed E-state index contributed by atoms with van der Waals surface area (Å²) in [6, 6.07) is -0.128. The summed E-state index contributed by atoms with van der Waals surface area (Å²) in [6.07, 6.45) is 4.26. The highest BCUT2D eigenvalue weighted by molar-refractivity contribution is 7.09. The summed E-state index contributed by atoms with van der Waals surface area (Å²) >= 11 is 1.65. The highest BCUT2D eigenvalue weighted by Crippen LogP contribution is 2.40. The predicted molar refractivity (Wildman–Crippen MR) is 78.0 cm³/mol. The van der Waals surface area contributed by atoms with Crippen LogP contribution in [-0.4, -0.2) is 16.9 Å². The van der Waals surface area contributed by atoms with E-state index in [1.807, 2.05) is 20.8 Å². The number of nitrogens with zero attached hydrogens (tertiary/aromatic N) is 1. The van der Waals surface area contributed by atoms with E-state index in [2.05, 4.69) is 15.7 Å². The zero-order valence-corrected chi connectivity index (χ0v) is 12.7. The largest absolute Gasteiger partial charge is 0.344 e. The van der Waals surface area contributed by atoms with Gasteiger partial charge in [-0.05, 0) is 26.7 Å². The molecule has 3 N–H and O–H groups in total. The molecule has 2 atom stereocenters. The summed E-state index contributed by atoms with van der Waals surface area (Å²) in [5.41, 5.74) is 6.60. The van der Waals surface area contributed by atoms with Crippen LogP contribution in [0.4, 0.5) is 0 Å². The molecule has 4 nitrogen and oxygen atoms in total. The first-order valence-electron chi connectivity index (χ1n) is 6.95. The average Bonchev–Trinajstić information content (AvgIpc) is 2.97. The first-order valence-corrected chi connectivity index (χ1v) is 7.83. The molecule has 1 saturated carbocycles. The zero-order chi connectivity index (χ0) is 14.0. The minimum atomic E-state index is -0.251. The van der Waals surface area contributed by atoms with E-state index >= 15 is 0 Å². The van der Waals surface area contributed by atoms with Gasteiger partial charge in [-0.15, -0.1) is 11.3 Å². The van der Waals surface area contributed by atoms with Crippen LogP contribution in [0.3, 0.4) is 0 Å². The number of carbonyl (C=O) groups is 1. The first kappa shape index (κ1) is 14.5. The number of nitrogens with two attached hydrogens (primary N) is 1. The number of hydrogen-bond acceptors (Lipinski definition) is 4. The quantitative estimate of drug-likeness (QED) is 0.890. The van der Waals surface area contributed by atoms with Gasteiger partial charge >= 0.3 is 0 Å². The van der Waals surface area contributed by atoms with Crippen molar-refractivity contribution >= 4 is 17.2 Å². The molecular formula is C14H23N3OS. The number of amides is 1. The predicted octanol–water partition coefficient (Wildman–Crippen LogP) is 2.32. The van der Waals surface area contributed by atoms with Crippen LogP contribution in [0.15, 0.2) is 5.38 Å². The lowest BCUT2D eigenvalue weighted by atomic mass is 9.95. The van der Waals surface area contributed by atoms with Crippen LogP contribution in [-0.2, 0) is 10.3 Å². The van der Waals surface area contributed by atoms with E-state index in [1.165, 1.54) is 0 Å². The molecule has 0 aliphatic heterocycles. The van der Waals surface area contributed by atoms with Crippen molar-refractivity contribution in [1.82, 2.24) is 10.3 Å². The Morgan fingerprint density at radius 1 is 1.47 bits per heavy atom. The summed E-state index contributed by atoms with van der Waals surface area (Å²) in [5.74, 6) is -0.122. The monoisotopic (exact) mass is 281 g/mol. The smallest absolute Gasteiger partial charge is 0.225 e. The van der Waals surface area contributed by atoms with Gasteiger partial charge in [0.05, 0.1) is 5.54 Å². The molecule has 1 aromatic rings. The number of aryl methyl sites for hydroxylation is 1. The van der Waals surface area contributed by atoms with Gasteiger partial charge < -0.3 is 11.1 Å². The topological polar surface area (TPSA) is 68.0 Å². The molecule has 5 heteroatoms. The third-order valence-electron chi connectivity index (χ3n) is 4.05. The van der Waals surface area contributed by atoms with E-state index < -0.39 is 0 Å². The Bertz CT molecular complexity index is 449. The summed E-state index contributed by atoms with van der Waals surface area (Å²) in [6.45, 7) is 5.75. The van der Waals surface area contributed by atoms with Crippen LogP contribution in [0.2, 0.25) is 0 Å². The Morgan fingerprint density at radius 3 is 2.58 bits per heavy atom. The van der Waals surface area contributed by atoms with Gasteiger partial charge in [0.2, 0.25) is 5.91 Å². The number of nitrogens with one attached hydrogen (secondary N) is 1. The number of hydrogen-bond donors (Lipinski definition) is 2. The minimum absolute atomic E-state index is 0.0461. The Kier molecular flexibility index (Phi) is 4.26. The molecule has 0 saturated heterocycles. The standard InChI is InChI=1S/C14H23N3OS/c1-9-8-19-13(16-9)14(6-4-5-7-14)17-12(18)10(2)11(3)15/h8,10-11H,4-7,15H2,1-3H3,(H,17,18). The van der Waals surface area contributed by atoms with Crippen LogP contribution in [0.5, 0.6) is 0 Å². The van der Waals surface area contributed by atoms with Crippen molar-refractivity contribution in [3.05, 3.63) is 16.1 Å². The maximum atomic E-state index is 12.3. The minimum Gasteiger partial charge on any atom is -0.344 e. The number of rotatable bonds is 4. The fraction of sp³-hybridized carbons (Fsp3) is 0.714. The second kappa shape index (κ2) is 5.59. The molecule has 1 amide bonds. The lowest BCUT2D eigenvalue weighted by Crippen LogP contribution is -2.48.